The van der Waals surface area contributed by atoms with Gasteiger partial charge in [0.2, 0.25) is 0 Å². The van der Waals surface area contributed by atoms with Gasteiger partial charge in [-0.25, -0.2) is 9.82 Å². The summed E-state index contributed by atoms with van der Waals surface area (Å²) in [5, 5.41) is 3.72. The predicted molar refractivity (Wildman–Crippen MR) is 60.2 cm³/mol. The first kappa shape index (κ1) is 11.1. The standard InChI is InChI=1S/C12H9FN2O2/c13-10-5-3-9(4-6-10)8-14-15-12(16)11-2-1-7-17-11/h1-8H,(H,15,16). The molecule has 4 nitrogen and oxygen atoms in total. The minimum atomic E-state index is -0.437. The fourth-order valence-electron chi connectivity index (χ4n) is 1.18. The Labute approximate surface area is 96.8 Å². The van der Waals surface area contributed by atoms with Crippen LogP contribution < -0.4 is 5.43 Å². The van der Waals surface area contributed by atoms with Crippen LogP contribution in [0.3, 0.4) is 0 Å². The van der Waals surface area contributed by atoms with Crippen LogP contribution in [0.1, 0.15) is 16.1 Å². The number of nitrogens with zero attached hydrogens (tertiary/aromatic N) is 1. The van der Waals surface area contributed by atoms with Gasteiger partial charge in [-0.1, -0.05) is 12.1 Å². The molecule has 2 aromatic rings. The van der Waals surface area contributed by atoms with Crippen molar-refractivity contribution in [2.45, 2.75) is 0 Å². The molecule has 1 aromatic carbocycles. The Bertz CT molecular complexity index is 518. The maximum absolute atomic E-state index is 12.6. The maximum atomic E-state index is 12.6. The second-order valence-electron chi connectivity index (χ2n) is 3.23. The van der Waals surface area contributed by atoms with Gasteiger partial charge in [0.05, 0.1) is 12.5 Å². The molecule has 0 aliphatic carbocycles. The van der Waals surface area contributed by atoms with Crippen LogP contribution in [-0.4, -0.2) is 12.1 Å². The first-order valence-corrected chi connectivity index (χ1v) is 4.88. The van der Waals surface area contributed by atoms with Gasteiger partial charge < -0.3 is 4.42 Å². The summed E-state index contributed by atoms with van der Waals surface area (Å²) in [6, 6.07) is 8.88. The second kappa shape index (κ2) is 5.07. The molecule has 0 fully saturated rings. The van der Waals surface area contributed by atoms with E-state index in [1.165, 1.54) is 30.7 Å². The molecule has 5 heteroatoms. The van der Waals surface area contributed by atoms with Gasteiger partial charge in [0, 0.05) is 0 Å². The Morgan fingerprint density at radius 3 is 2.71 bits per heavy atom. The predicted octanol–water partition coefficient (Wildman–Crippen LogP) is 2.18. The molecule has 1 amide bonds. The zero-order chi connectivity index (χ0) is 12.1. The van der Waals surface area contributed by atoms with Gasteiger partial charge in [-0.05, 0) is 29.8 Å². The Morgan fingerprint density at radius 1 is 1.29 bits per heavy atom. The van der Waals surface area contributed by atoms with E-state index in [0.29, 0.717) is 5.56 Å². The molecule has 0 radical (unpaired) electrons. The minimum absolute atomic E-state index is 0.182. The highest BCUT2D eigenvalue weighted by Gasteiger charge is 2.05. The van der Waals surface area contributed by atoms with E-state index in [2.05, 4.69) is 10.5 Å². The molecule has 0 bridgehead atoms. The number of carbonyl (C=O) groups excluding carboxylic acids is 1. The lowest BCUT2D eigenvalue weighted by atomic mass is 10.2. The fraction of sp³-hybridized carbons (Fsp3) is 0. The van der Waals surface area contributed by atoms with Crippen molar-refractivity contribution < 1.29 is 13.6 Å². The number of halogens is 1. The van der Waals surface area contributed by atoms with Crippen molar-refractivity contribution in [2.75, 3.05) is 0 Å². The van der Waals surface area contributed by atoms with Gasteiger partial charge in [-0.15, -0.1) is 0 Å². The highest BCUT2D eigenvalue weighted by Crippen LogP contribution is 2.00. The minimum Gasteiger partial charge on any atom is -0.459 e. The largest absolute Gasteiger partial charge is 0.459 e. The third kappa shape index (κ3) is 3.01. The Morgan fingerprint density at radius 2 is 2.06 bits per heavy atom. The molecule has 0 saturated heterocycles. The molecule has 1 heterocycles. The molecule has 1 aromatic heterocycles. The van der Waals surface area contributed by atoms with Gasteiger partial charge in [0.1, 0.15) is 5.82 Å². The van der Waals surface area contributed by atoms with E-state index < -0.39 is 5.91 Å². The smallest absolute Gasteiger partial charge is 0.307 e. The third-order valence-electron chi connectivity index (χ3n) is 1.99. The van der Waals surface area contributed by atoms with Crippen LogP contribution in [0.5, 0.6) is 0 Å². The summed E-state index contributed by atoms with van der Waals surface area (Å²) in [7, 11) is 0. The van der Waals surface area contributed by atoms with Crippen LogP contribution in [0, 0.1) is 5.82 Å². The molecule has 2 rings (SSSR count). The summed E-state index contributed by atoms with van der Waals surface area (Å²) < 4.78 is 17.5. The molecule has 0 atom stereocenters. The van der Waals surface area contributed by atoms with Crippen LogP contribution >= 0.6 is 0 Å². The van der Waals surface area contributed by atoms with E-state index in [4.69, 9.17) is 4.42 Å². The number of hydrogen-bond donors (Lipinski definition) is 1. The van der Waals surface area contributed by atoms with Crippen LogP contribution in [-0.2, 0) is 0 Å². The number of nitrogens with one attached hydrogen (secondary N) is 1. The average Bonchev–Trinajstić information content (AvgIpc) is 2.85. The summed E-state index contributed by atoms with van der Waals surface area (Å²) in [4.78, 5) is 11.4. The Kier molecular flexibility index (Phi) is 3.30. The Balaban J connectivity index is 1.94. The number of furan rings is 1. The number of amides is 1. The van der Waals surface area contributed by atoms with Gasteiger partial charge in [-0.2, -0.15) is 5.10 Å². The first-order chi connectivity index (χ1) is 8.25. The summed E-state index contributed by atoms with van der Waals surface area (Å²) in [5.41, 5.74) is 2.98. The maximum Gasteiger partial charge on any atom is 0.307 e. The lowest BCUT2D eigenvalue weighted by Crippen LogP contribution is -2.16. The molecule has 0 unspecified atom stereocenters. The van der Waals surface area contributed by atoms with E-state index in [-0.39, 0.29) is 11.6 Å². The van der Waals surface area contributed by atoms with Crippen molar-refractivity contribution in [1.82, 2.24) is 5.43 Å². The number of hydrogen-bond acceptors (Lipinski definition) is 3. The van der Waals surface area contributed by atoms with Gasteiger partial charge in [-0.3, -0.25) is 4.79 Å². The summed E-state index contributed by atoms with van der Waals surface area (Å²) in [6.07, 6.45) is 2.82. The zero-order valence-electron chi connectivity index (χ0n) is 8.76. The van der Waals surface area contributed by atoms with Crippen molar-refractivity contribution in [1.29, 1.82) is 0 Å². The lowest BCUT2D eigenvalue weighted by Gasteiger charge is -1.95. The molecule has 0 aliphatic rings. The average molecular weight is 232 g/mol. The highest BCUT2D eigenvalue weighted by molar-refractivity contribution is 5.92. The summed E-state index contributed by atoms with van der Waals surface area (Å²) in [5.74, 6) is -0.573. The molecule has 86 valence electrons. The lowest BCUT2D eigenvalue weighted by molar-refractivity contribution is 0.0927. The van der Waals surface area contributed by atoms with Crippen molar-refractivity contribution >= 4 is 12.1 Å². The van der Waals surface area contributed by atoms with E-state index >= 15 is 0 Å². The van der Waals surface area contributed by atoms with E-state index in [1.54, 1.807) is 18.2 Å². The monoisotopic (exact) mass is 232 g/mol. The first-order valence-electron chi connectivity index (χ1n) is 4.88. The molecule has 1 N–H and O–H groups in total. The van der Waals surface area contributed by atoms with Gasteiger partial charge in [0.25, 0.3) is 0 Å². The highest BCUT2D eigenvalue weighted by atomic mass is 19.1. The fourth-order valence-corrected chi connectivity index (χ4v) is 1.18. The summed E-state index contributed by atoms with van der Waals surface area (Å²) >= 11 is 0. The topological polar surface area (TPSA) is 54.6 Å². The van der Waals surface area contributed by atoms with Gasteiger partial charge >= 0.3 is 5.91 Å². The van der Waals surface area contributed by atoms with Crippen molar-refractivity contribution in [3.63, 3.8) is 0 Å². The number of rotatable bonds is 3. The molecular weight excluding hydrogens is 223 g/mol. The van der Waals surface area contributed by atoms with Crippen LogP contribution in [0.2, 0.25) is 0 Å². The third-order valence-corrected chi connectivity index (χ3v) is 1.99. The second-order valence-corrected chi connectivity index (χ2v) is 3.23. The SMILES string of the molecule is O=C(NN=Cc1ccc(F)cc1)c1ccco1. The van der Waals surface area contributed by atoms with E-state index in [9.17, 15) is 9.18 Å². The van der Waals surface area contributed by atoms with Crippen LogP contribution in [0.15, 0.2) is 52.2 Å². The number of hydrazone groups is 1. The van der Waals surface area contributed by atoms with E-state index in [0.717, 1.165) is 0 Å². The van der Waals surface area contributed by atoms with Crippen molar-refractivity contribution in [3.05, 3.63) is 59.8 Å². The van der Waals surface area contributed by atoms with Gasteiger partial charge in [0.15, 0.2) is 5.76 Å². The summed E-state index contributed by atoms with van der Waals surface area (Å²) in [6.45, 7) is 0. The van der Waals surface area contributed by atoms with Crippen LogP contribution in [0.25, 0.3) is 0 Å². The normalized spacial score (nSPS) is 10.6. The molecule has 0 spiro atoms. The molecule has 17 heavy (non-hydrogen) atoms. The Hall–Kier alpha value is -2.43. The van der Waals surface area contributed by atoms with Crippen molar-refractivity contribution in [3.8, 4) is 0 Å². The molecule has 0 aliphatic heterocycles. The van der Waals surface area contributed by atoms with E-state index in [1.807, 2.05) is 0 Å². The number of benzene rings is 1. The molecular formula is C12H9FN2O2. The van der Waals surface area contributed by atoms with Crippen molar-refractivity contribution in [2.24, 2.45) is 5.10 Å². The molecule has 0 saturated carbocycles. The quantitative estimate of drug-likeness (QED) is 0.651. The zero-order valence-corrected chi connectivity index (χ0v) is 8.76. The number of carbonyl (C=O) groups is 1. The van der Waals surface area contributed by atoms with Crippen LogP contribution in [0.4, 0.5) is 4.39 Å².